The highest BCUT2D eigenvalue weighted by molar-refractivity contribution is 6.30. The average Bonchev–Trinajstić information content (AvgIpc) is 2.85. The Bertz CT molecular complexity index is 427. The van der Waals surface area contributed by atoms with E-state index in [2.05, 4.69) is 18.7 Å². The summed E-state index contributed by atoms with van der Waals surface area (Å²) in [7, 11) is 0. The van der Waals surface area contributed by atoms with Crippen molar-refractivity contribution in [3.63, 3.8) is 0 Å². The Kier molecular flexibility index (Phi) is 5.00. The Balaban J connectivity index is 1.88. The van der Waals surface area contributed by atoms with E-state index >= 15 is 0 Å². The first-order valence-corrected chi connectivity index (χ1v) is 7.48. The Hall–Kier alpha value is -0.860. The number of ketones is 1. The van der Waals surface area contributed by atoms with Gasteiger partial charge in [-0.15, -0.1) is 0 Å². The van der Waals surface area contributed by atoms with Gasteiger partial charge in [0.1, 0.15) is 0 Å². The lowest BCUT2D eigenvalue weighted by Crippen LogP contribution is -2.35. The van der Waals surface area contributed by atoms with Crippen LogP contribution in [0.4, 0.5) is 0 Å². The highest BCUT2D eigenvalue weighted by atomic mass is 35.5. The Morgan fingerprint density at radius 2 is 2.05 bits per heavy atom. The van der Waals surface area contributed by atoms with E-state index in [1.165, 1.54) is 12.8 Å². The topological polar surface area (TPSA) is 20.3 Å². The molecule has 1 aliphatic rings. The number of hydrogen-bond acceptors (Lipinski definition) is 2. The fraction of sp³-hybridized carbons (Fsp3) is 0.562. The lowest BCUT2D eigenvalue weighted by molar-refractivity contribution is 0.0954. The van der Waals surface area contributed by atoms with Gasteiger partial charge in [0.25, 0.3) is 0 Å². The molecule has 0 radical (unpaired) electrons. The maximum Gasteiger partial charge on any atom is 0.164 e. The van der Waals surface area contributed by atoms with Crippen molar-refractivity contribution in [1.29, 1.82) is 0 Å². The third-order valence-electron chi connectivity index (χ3n) is 3.98. The number of Topliss-reactive ketones (excluding diaryl/α,β-unsaturated/α-hetero) is 1. The minimum absolute atomic E-state index is 0.214. The Morgan fingerprint density at radius 1 is 1.37 bits per heavy atom. The van der Waals surface area contributed by atoms with Crippen LogP contribution in [0.2, 0.25) is 5.02 Å². The van der Waals surface area contributed by atoms with Crippen LogP contribution in [0.25, 0.3) is 0 Å². The van der Waals surface area contributed by atoms with E-state index in [-0.39, 0.29) is 5.78 Å². The van der Waals surface area contributed by atoms with Crippen molar-refractivity contribution >= 4 is 17.4 Å². The van der Waals surface area contributed by atoms with Crippen LogP contribution in [0.1, 0.15) is 43.5 Å². The molecule has 0 N–H and O–H groups in total. The van der Waals surface area contributed by atoms with E-state index in [1.54, 1.807) is 12.1 Å². The smallest absolute Gasteiger partial charge is 0.164 e. The van der Waals surface area contributed by atoms with Gasteiger partial charge in [0.2, 0.25) is 0 Å². The SMILES string of the molecule is CC(C)C1CCCN1CCC(=O)c1ccc(Cl)cc1. The monoisotopic (exact) mass is 279 g/mol. The molecule has 1 saturated heterocycles. The highest BCUT2D eigenvalue weighted by Gasteiger charge is 2.26. The third-order valence-corrected chi connectivity index (χ3v) is 4.23. The summed E-state index contributed by atoms with van der Waals surface area (Å²) in [6, 6.07) is 7.84. The molecule has 1 atom stereocenters. The summed E-state index contributed by atoms with van der Waals surface area (Å²) in [6.45, 7) is 6.55. The number of hydrogen-bond donors (Lipinski definition) is 0. The standard InChI is InChI=1S/C16H22ClNO/c1-12(2)15-4-3-10-18(15)11-9-16(19)13-5-7-14(17)8-6-13/h5-8,12,15H,3-4,9-11H2,1-2H3. The second kappa shape index (κ2) is 6.53. The van der Waals surface area contributed by atoms with Crippen LogP contribution in [0.5, 0.6) is 0 Å². The molecule has 3 heteroatoms. The van der Waals surface area contributed by atoms with Crippen molar-refractivity contribution in [2.45, 2.75) is 39.2 Å². The molecular formula is C16H22ClNO. The fourth-order valence-electron chi connectivity index (χ4n) is 2.91. The number of likely N-dealkylation sites (tertiary alicyclic amines) is 1. The first-order chi connectivity index (χ1) is 9.08. The number of carbonyl (C=O) groups excluding carboxylic acids is 1. The predicted octanol–water partition coefficient (Wildman–Crippen LogP) is 4.03. The van der Waals surface area contributed by atoms with E-state index < -0.39 is 0 Å². The molecule has 0 aliphatic carbocycles. The third kappa shape index (κ3) is 3.80. The normalized spacial score (nSPS) is 20.1. The molecule has 0 saturated carbocycles. The number of carbonyl (C=O) groups is 1. The molecular weight excluding hydrogens is 258 g/mol. The molecule has 1 heterocycles. The summed E-state index contributed by atoms with van der Waals surface area (Å²) in [5.74, 6) is 0.888. The van der Waals surface area contributed by atoms with Gasteiger partial charge in [-0.1, -0.05) is 25.4 Å². The Labute approximate surface area is 120 Å². The fourth-order valence-corrected chi connectivity index (χ4v) is 3.04. The first-order valence-electron chi connectivity index (χ1n) is 7.10. The van der Waals surface area contributed by atoms with Crippen molar-refractivity contribution in [1.82, 2.24) is 4.90 Å². The summed E-state index contributed by atoms with van der Waals surface area (Å²) >= 11 is 5.83. The zero-order chi connectivity index (χ0) is 13.8. The zero-order valence-electron chi connectivity index (χ0n) is 11.7. The van der Waals surface area contributed by atoms with E-state index in [9.17, 15) is 4.79 Å². The largest absolute Gasteiger partial charge is 0.300 e. The van der Waals surface area contributed by atoms with Crippen LogP contribution in [-0.2, 0) is 0 Å². The van der Waals surface area contributed by atoms with E-state index in [0.29, 0.717) is 23.4 Å². The summed E-state index contributed by atoms with van der Waals surface area (Å²) in [6.07, 6.45) is 3.13. The van der Waals surface area contributed by atoms with Crippen LogP contribution >= 0.6 is 11.6 Å². The molecule has 19 heavy (non-hydrogen) atoms. The molecule has 1 unspecified atom stereocenters. The predicted molar refractivity (Wildman–Crippen MR) is 79.8 cm³/mol. The minimum Gasteiger partial charge on any atom is -0.300 e. The van der Waals surface area contributed by atoms with Gasteiger partial charge in [-0.3, -0.25) is 9.69 Å². The molecule has 1 aromatic rings. The molecule has 1 aliphatic heterocycles. The number of rotatable bonds is 5. The first kappa shape index (κ1) is 14.5. The molecule has 1 fully saturated rings. The summed E-state index contributed by atoms with van der Waals surface area (Å²) in [5.41, 5.74) is 0.768. The van der Waals surface area contributed by atoms with Crippen LogP contribution in [-0.4, -0.2) is 29.8 Å². The van der Waals surface area contributed by atoms with Gasteiger partial charge in [0.05, 0.1) is 0 Å². The minimum atomic E-state index is 0.214. The molecule has 104 valence electrons. The van der Waals surface area contributed by atoms with Gasteiger partial charge >= 0.3 is 0 Å². The number of nitrogens with zero attached hydrogens (tertiary/aromatic N) is 1. The maximum absolute atomic E-state index is 12.1. The van der Waals surface area contributed by atoms with Gasteiger partial charge in [-0.05, 0) is 49.6 Å². The van der Waals surface area contributed by atoms with Crippen LogP contribution in [0.3, 0.4) is 0 Å². The maximum atomic E-state index is 12.1. The van der Waals surface area contributed by atoms with E-state index in [1.807, 2.05) is 12.1 Å². The van der Waals surface area contributed by atoms with Crippen molar-refractivity contribution in [2.24, 2.45) is 5.92 Å². The lowest BCUT2D eigenvalue weighted by atomic mass is 10.0. The molecule has 2 rings (SSSR count). The van der Waals surface area contributed by atoms with E-state index in [4.69, 9.17) is 11.6 Å². The second-order valence-electron chi connectivity index (χ2n) is 5.67. The summed E-state index contributed by atoms with van der Waals surface area (Å²) in [4.78, 5) is 14.6. The molecule has 0 spiro atoms. The molecule has 2 nitrogen and oxygen atoms in total. The zero-order valence-corrected chi connectivity index (χ0v) is 12.5. The van der Waals surface area contributed by atoms with Gasteiger partial charge in [0, 0.05) is 29.6 Å². The molecule has 0 aromatic heterocycles. The van der Waals surface area contributed by atoms with Gasteiger partial charge < -0.3 is 0 Å². The van der Waals surface area contributed by atoms with Crippen molar-refractivity contribution < 1.29 is 4.79 Å². The molecule has 0 bridgehead atoms. The number of halogens is 1. The van der Waals surface area contributed by atoms with E-state index in [0.717, 1.165) is 18.7 Å². The van der Waals surface area contributed by atoms with Crippen molar-refractivity contribution in [2.75, 3.05) is 13.1 Å². The highest BCUT2D eigenvalue weighted by Crippen LogP contribution is 2.24. The Morgan fingerprint density at radius 3 is 2.68 bits per heavy atom. The second-order valence-corrected chi connectivity index (χ2v) is 6.11. The quantitative estimate of drug-likeness (QED) is 0.759. The van der Waals surface area contributed by atoms with Gasteiger partial charge in [0.15, 0.2) is 5.78 Å². The molecule has 1 aromatic carbocycles. The van der Waals surface area contributed by atoms with Crippen LogP contribution in [0, 0.1) is 5.92 Å². The summed E-state index contributed by atoms with van der Waals surface area (Å²) < 4.78 is 0. The van der Waals surface area contributed by atoms with Crippen LogP contribution in [0.15, 0.2) is 24.3 Å². The van der Waals surface area contributed by atoms with Crippen LogP contribution < -0.4 is 0 Å². The molecule has 0 amide bonds. The number of benzene rings is 1. The van der Waals surface area contributed by atoms with Crippen molar-refractivity contribution in [3.05, 3.63) is 34.9 Å². The van der Waals surface area contributed by atoms with Gasteiger partial charge in [-0.25, -0.2) is 0 Å². The summed E-state index contributed by atoms with van der Waals surface area (Å²) in [5, 5.41) is 0.677. The van der Waals surface area contributed by atoms with Crippen molar-refractivity contribution in [3.8, 4) is 0 Å². The van der Waals surface area contributed by atoms with Gasteiger partial charge in [-0.2, -0.15) is 0 Å². The lowest BCUT2D eigenvalue weighted by Gasteiger charge is -2.27. The average molecular weight is 280 g/mol.